The third kappa shape index (κ3) is 7.53. The Morgan fingerprint density at radius 1 is 1.35 bits per heavy atom. The lowest BCUT2D eigenvalue weighted by molar-refractivity contribution is -0.145. The van der Waals surface area contributed by atoms with Crippen LogP contribution in [-0.4, -0.2) is 53.5 Å². The van der Waals surface area contributed by atoms with Crippen molar-refractivity contribution in [2.75, 3.05) is 13.1 Å². The Labute approximate surface area is 94.8 Å². The first kappa shape index (κ1) is 15.7. The Morgan fingerprint density at radius 3 is 2.24 bits per heavy atom. The average Bonchev–Trinajstić information content (AvgIpc) is 2.10. The van der Waals surface area contributed by atoms with Gasteiger partial charge in [-0.25, -0.2) is 4.79 Å². The van der Waals surface area contributed by atoms with E-state index in [1.807, 2.05) is 5.32 Å². The molecule has 17 heavy (non-hydrogen) atoms. The number of carbonyl (C=O) groups excluding carboxylic acids is 1. The molecule has 0 fully saturated rings. The molecular formula is C8H13F3N2O4. The van der Waals surface area contributed by atoms with E-state index >= 15 is 0 Å². The monoisotopic (exact) mass is 258 g/mol. The van der Waals surface area contributed by atoms with Crippen molar-refractivity contribution >= 4 is 11.9 Å². The third-order valence-corrected chi connectivity index (χ3v) is 1.68. The van der Waals surface area contributed by atoms with Gasteiger partial charge >= 0.3 is 12.1 Å². The number of amides is 1. The maximum absolute atomic E-state index is 11.7. The van der Waals surface area contributed by atoms with Crippen LogP contribution in [-0.2, 0) is 9.59 Å². The molecule has 0 aliphatic carbocycles. The molecule has 0 radical (unpaired) electrons. The van der Waals surface area contributed by atoms with Crippen molar-refractivity contribution in [3.05, 3.63) is 0 Å². The molecule has 0 saturated carbocycles. The van der Waals surface area contributed by atoms with E-state index in [1.165, 1.54) is 0 Å². The second-order valence-corrected chi connectivity index (χ2v) is 3.34. The minimum Gasteiger partial charge on any atom is -0.480 e. The van der Waals surface area contributed by atoms with E-state index in [9.17, 15) is 22.8 Å². The van der Waals surface area contributed by atoms with Crippen LogP contribution in [0.1, 0.15) is 6.92 Å². The number of aliphatic carboxylic acids is 1. The van der Waals surface area contributed by atoms with Crippen molar-refractivity contribution in [2.45, 2.75) is 25.2 Å². The zero-order valence-corrected chi connectivity index (χ0v) is 8.91. The van der Waals surface area contributed by atoms with E-state index < -0.39 is 43.3 Å². The van der Waals surface area contributed by atoms with Crippen LogP contribution in [0.25, 0.3) is 0 Å². The van der Waals surface area contributed by atoms with Crippen LogP contribution >= 0.6 is 0 Å². The number of aliphatic hydroxyl groups is 1. The summed E-state index contributed by atoms with van der Waals surface area (Å²) in [5, 5.41) is 21.2. The Hall–Kier alpha value is -1.35. The minimum absolute atomic E-state index is 0.685. The zero-order chi connectivity index (χ0) is 13.6. The molecule has 4 N–H and O–H groups in total. The Bertz CT molecular complexity index is 280. The number of halogens is 3. The predicted molar refractivity (Wildman–Crippen MR) is 50.2 cm³/mol. The summed E-state index contributed by atoms with van der Waals surface area (Å²) >= 11 is 0. The van der Waals surface area contributed by atoms with Crippen molar-refractivity contribution in [3.63, 3.8) is 0 Å². The van der Waals surface area contributed by atoms with Crippen molar-refractivity contribution < 1.29 is 33.0 Å². The number of carbonyl (C=O) groups is 2. The Morgan fingerprint density at radius 2 is 1.88 bits per heavy atom. The van der Waals surface area contributed by atoms with E-state index in [2.05, 4.69) is 0 Å². The maximum atomic E-state index is 11.7. The van der Waals surface area contributed by atoms with Gasteiger partial charge in [0.2, 0.25) is 5.91 Å². The Balaban J connectivity index is 4.04. The first-order valence-corrected chi connectivity index (χ1v) is 4.61. The average molecular weight is 258 g/mol. The van der Waals surface area contributed by atoms with Crippen molar-refractivity contribution in [2.24, 2.45) is 0 Å². The van der Waals surface area contributed by atoms with Crippen LogP contribution in [0.5, 0.6) is 0 Å². The molecule has 0 aromatic rings. The summed E-state index contributed by atoms with van der Waals surface area (Å²) in [5.41, 5.74) is 0. The van der Waals surface area contributed by atoms with Gasteiger partial charge < -0.3 is 20.8 Å². The van der Waals surface area contributed by atoms with Gasteiger partial charge in [0.15, 0.2) is 6.04 Å². The van der Waals surface area contributed by atoms with E-state index in [0.717, 1.165) is 6.92 Å². The summed E-state index contributed by atoms with van der Waals surface area (Å²) in [6.45, 7) is -0.898. The van der Waals surface area contributed by atoms with E-state index in [4.69, 9.17) is 10.2 Å². The number of hydrogen-bond acceptors (Lipinski definition) is 4. The molecule has 2 atom stereocenters. The van der Waals surface area contributed by atoms with Crippen molar-refractivity contribution in [1.29, 1.82) is 0 Å². The molecule has 0 aliphatic heterocycles. The third-order valence-electron chi connectivity index (χ3n) is 1.68. The van der Waals surface area contributed by atoms with Crippen LogP contribution in [0.3, 0.4) is 0 Å². The van der Waals surface area contributed by atoms with E-state index in [-0.39, 0.29) is 0 Å². The number of aliphatic hydroxyl groups excluding tert-OH is 1. The number of nitrogens with one attached hydrogen (secondary N) is 2. The molecular weight excluding hydrogens is 245 g/mol. The molecule has 9 heteroatoms. The molecule has 2 unspecified atom stereocenters. The summed E-state index contributed by atoms with van der Waals surface area (Å²) in [7, 11) is 0. The standard InChI is InChI=1S/C8H13F3N2O4/c1-4(14)6(7(16)17)13-5(15)2-12-3-8(9,10)11/h4,6,12,14H,2-3H2,1H3,(H,13,15)(H,16,17). The normalized spacial score (nSPS) is 15.1. The van der Waals surface area contributed by atoms with Gasteiger partial charge in [-0.05, 0) is 6.92 Å². The molecule has 0 aromatic heterocycles. The summed E-state index contributed by atoms with van der Waals surface area (Å²) < 4.78 is 35.1. The lowest BCUT2D eigenvalue weighted by Crippen LogP contribution is -2.50. The van der Waals surface area contributed by atoms with Gasteiger partial charge in [-0.3, -0.25) is 4.79 Å². The highest BCUT2D eigenvalue weighted by Gasteiger charge is 2.28. The fourth-order valence-corrected chi connectivity index (χ4v) is 0.931. The molecule has 0 heterocycles. The van der Waals surface area contributed by atoms with Gasteiger partial charge in [0.05, 0.1) is 19.2 Å². The number of carboxylic acid groups (broad SMARTS) is 1. The van der Waals surface area contributed by atoms with E-state index in [0.29, 0.717) is 0 Å². The van der Waals surface area contributed by atoms with Gasteiger partial charge in [0.1, 0.15) is 0 Å². The SMILES string of the molecule is CC(O)C(NC(=O)CNCC(F)(F)F)C(=O)O. The first-order valence-electron chi connectivity index (χ1n) is 4.61. The molecule has 0 spiro atoms. The zero-order valence-electron chi connectivity index (χ0n) is 8.91. The van der Waals surface area contributed by atoms with Gasteiger partial charge in [-0.15, -0.1) is 0 Å². The van der Waals surface area contributed by atoms with Crippen molar-refractivity contribution in [1.82, 2.24) is 10.6 Å². The highest BCUT2D eigenvalue weighted by atomic mass is 19.4. The topological polar surface area (TPSA) is 98.7 Å². The fraction of sp³-hybridized carbons (Fsp3) is 0.750. The second kappa shape index (κ2) is 6.40. The molecule has 0 bridgehead atoms. The highest BCUT2D eigenvalue weighted by Crippen LogP contribution is 2.11. The van der Waals surface area contributed by atoms with Gasteiger partial charge in [0, 0.05) is 0 Å². The summed E-state index contributed by atoms with van der Waals surface area (Å²) in [6.07, 6.45) is -5.80. The number of hydrogen-bond donors (Lipinski definition) is 4. The van der Waals surface area contributed by atoms with Gasteiger partial charge in [-0.2, -0.15) is 13.2 Å². The van der Waals surface area contributed by atoms with Crippen molar-refractivity contribution in [3.8, 4) is 0 Å². The first-order chi connectivity index (χ1) is 7.63. The Kier molecular flexibility index (Phi) is 5.89. The van der Waals surface area contributed by atoms with Gasteiger partial charge in [0.25, 0.3) is 0 Å². The van der Waals surface area contributed by atoms with Crippen LogP contribution in [0, 0.1) is 0 Å². The molecule has 0 rings (SSSR count). The van der Waals surface area contributed by atoms with Crippen LogP contribution < -0.4 is 10.6 Å². The molecule has 100 valence electrons. The van der Waals surface area contributed by atoms with Crippen LogP contribution in [0.2, 0.25) is 0 Å². The minimum atomic E-state index is -4.45. The number of rotatable bonds is 6. The van der Waals surface area contributed by atoms with Crippen LogP contribution in [0.15, 0.2) is 0 Å². The molecule has 0 saturated heterocycles. The highest BCUT2D eigenvalue weighted by molar-refractivity contribution is 5.85. The molecule has 1 amide bonds. The van der Waals surface area contributed by atoms with Crippen LogP contribution in [0.4, 0.5) is 13.2 Å². The maximum Gasteiger partial charge on any atom is 0.401 e. The summed E-state index contributed by atoms with van der Waals surface area (Å²) in [4.78, 5) is 21.6. The van der Waals surface area contributed by atoms with E-state index in [1.54, 1.807) is 5.32 Å². The largest absolute Gasteiger partial charge is 0.480 e. The molecule has 6 nitrogen and oxygen atoms in total. The van der Waals surface area contributed by atoms with Gasteiger partial charge in [-0.1, -0.05) is 0 Å². The molecule has 0 aromatic carbocycles. The lowest BCUT2D eigenvalue weighted by Gasteiger charge is -2.17. The smallest absolute Gasteiger partial charge is 0.401 e. The summed E-state index contributed by atoms with van der Waals surface area (Å²) in [5.74, 6) is -2.41. The predicted octanol–water partition coefficient (Wildman–Crippen LogP) is -0.912. The fourth-order valence-electron chi connectivity index (χ4n) is 0.931. The lowest BCUT2D eigenvalue weighted by atomic mass is 10.2. The number of carboxylic acids is 1. The summed E-state index contributed by atoms with van der Waals surface area (Å²) in [6, 6.07) is -1.55. The second-order valence-electron chi connectivity index (χ2n) is 3.34. The molecule has 0 aliphatic rings. The number of alkyl halides is 3. The quantitative estimate of drug-likeness (QED) is 0.494.